The van der Waals surface area contributed by atoms with E-state index >= 15 is 0 Å². The normalized spacial score (nSPS) is 18.1. The molecule has 1 aliphatic rings. The number of ether oxygens (including phenoxy) is 2. The molecule has 2 rings (SSSR count). The van der Waals surface area contributed by atoms with Gasteiger partial charge in [-0.15, -0.1) is 0 Å². The molecule has 1 aliphatic carbocycles. The Morgan fingerprint density at radius 1 is 1.05 bits per heavy atom. The van der Waals surface area contributed by atoms with Crippen molar-refractivity contribution in [3.05, 3.63) is 23.3 Å². The van der Waals surface area contributed by atoms with Crippen LogP contribution in [0.25, 0.3) is 0 Å². The van der Waals surface area contributed by atoms with E-state index in [2.05, 4.69) is 19.1 Å². The summed E-state index contributed by atoms with van der Waals surface area (Å²) in [5, 5.41) is 0. The van der Waals surface area contributed by atoms with Gasteiger partial charge in [0.15, 0.2) is 11.5 Å². The van der Waals surface area contributed by atoms with Crippen LogP contribution in [0.2, 0.25) is 0 Å². The molecule has 2 N–H and O–H groups in total. The van der Waals surface area contributed by atoms with Crippen LogP contribution in [0, 0.1) is 6.92 Å². The molecule has 1 fully saturated rings. The van der Waals surface area contributed by atoms with Gasteiger partial charge >= 0.3 is 0 Å². The highest BCUT2D eigenvalue weighted by molar-refractivity contribution is 5.50. The number of nitrogens with two attached hydrogens (primary N) is 1. The molecule has 0 spiro atoms. The fourth-order valence-corrected chi connectivity index (χ4v) is 3.36. The minimum atomic E-state index is 0.127. The zero-order valence-corrected chi connectivity index (χ0v) is 12.3. The molecule has 0 saturated heterocycles. The van der Waals surface area contributed by atoms with E-state index in [1.807, 2.05) is 0 Å². The summed E-state index contributed by atoms with van der Waals surface area (Å²) in [7, 11) is 3.36. The second-order valence-electron chi connectivity index (χ2n) is 5.57. The molecule has 0 heterocycles. The van der Waals surface area contributed by atoms with Crippen molar-refractivity contribution in [3.8, 4) is 11.5 Å². The first-order chi connectivity index (χ1) is 9.16. The lowest BCUT2D eigenvalue weighted by atomic mass is 9.68. The fourth-order valence-electron chi connectivity index (χ4n) is 3.36. The predicted molar refractivity (Wildman–Crippen MR) is 78.1 cm³/mol. The molecule has 0 aromatic heterocycles. The molecule has 0 radical (unpaired) electrons. The average molecular weight is 263 g/mol. The van der Waals surface area contributed by atoms with Crippen molar-refractivity contribution in [2.24, 2.45) is 5.73 Å². The van der Waals surface area contributed by atoms with Crippen LogP contribution in [0.3, 0.4) is 0 Å². The van der Waals surface area contributed by atoms with Crippen molar-refractivity contribution >= 4 is 0 Å². The van der Waals surface area contributed by atoms with Crippen LogP contribution >= 0.6 is 0 Å². The van der Waals surface area contributed by atoms with Crippen LogP contribution in [0.15, 0.2) is 12.1 Å². The highest BCUT2D eigenvalue weighted by atomic mass is 16.5. The Balaban J connectivity index is 2.47. The minimum Gasteiger partial charge on any atom is -0.493 e. The van der Waals surface area contributed by atoms with Crippen LogP contribution in [0.5, 0.6) is 11.5 Å². The van der Waals surface area contributed by atoms with Gasteiger partial charge in [0.2, 0.25) is 0 Å². The molecule has 0 amide bonds. The van der Waals surface area contributed by atoms with Crippen LogP contribution in [0.1, 0.15) is 43.2 Å². The third-order valence-corrected chi connectivity index (χ3v) is 4.50. The SMILES string of the molecule is COc1cc(C)c(C2(CN)CCCCC2)cc1OC. The lowest BCUT2D eigenvalue weighted by Crippen LogP contribution is -2.37. The zero-order chi connectivity index (χ0) is 13.9. The summed E-state index contributed by atoms with van der Waals surface area (Å²) in [5.41, 5.74) is 8.85. The Hall–Kier alpha value is -1.22. The van der Waals surface area contributed by atoms with Crippen LogP contribution < -0.4 is 15.2 Å². The summed E-state index contributed by atoms with van der Waals surface area (Å²) in [6.45, 7) is 2.85. The predicted octanol–water partition coefficient (Wildman–Crippen LogP) is 3.17. The smallest absolute Gasteiger partial charge is 0.161 e. The minimum absolute atomic E-state index is 0.127. The molecule has 19 heavy (non-hydrogen) atoms. The van der Waals surface area contributed by atoms with E-state index in [9.17, 15) is 0 Å². The standard InChI is InChI=1S/C16H25NO2/c1-12-9-14(18-2)15(19-3)10-13(12)16(11-17)7-5-4-6-8-16/h9-10H,4-8,11,17H2,1-3H3. The number of methoxy groups -OCH3 is 2. The fraction of sp³-hybridized carbons (Fsp3) is 0.625. The van der Waals surface area contributed by atoms with E-state index in [0.717, 1.165) is 11.5 Å². The van der Waals surface area contributed by atoms with E-state index < -0.39 is 0 Å². The van der Waals surface area contributed by atoms with Crippen LogP contribution in [-0.4, -0.2) is 20.8 Å². The molecule has 0 unspecified atom stereocenters. The van der Waals surface area contributed by atoms with E-state index in [1.165, 1.54) is 43.2 Å². The van der Waals surface area contributed by atoms with E-state index in [0.29, 0.717) is 6.54 Å². The highest BCUT2D eigenvalue weighted by Crippen LogP contribution is 2.43. The molecule has 0 atom stereocenters. The van der Waals surface area contributed by atoms with Crippen molar-refractivity contribution in [1.82, 2.24) is 0 Å². The highest BCUT2D eigenvalue weighted by Gasteiger charge is 2.34. The van der Waals surface area contributed by atoms with Gasteiger partial charge in [0, 0.05) is 12.0 Å². The topological polar surface area (TPSA) is 44.5 Å². The van der Waals surface area contributed by atoms with Gasteiger partial charge in [0.1, 0.15) is 0 Å². The Labute approximate surface area is 116 Å². The van der Waals surface area contributed by atoms with Gasteiger partial charge in [-0.1, -0.05) is 19.3 Å². The van der Waals surface area contributed by atoms with E-state index in [4.69, 9.17) is 15.2 Å². The average Bonchev–Trinajstić information content (AvgIpc) is 2.47. The number of rotatable bonds is 4. The Kier molecular flexibility index (Phi) is 4.35. The summed E-state index contributed by atoms with van der Waals surface area (Å²) < 4.78 is 10.8. The summed E-state index contributed by atoms with van der Waals surface area (Å²) in [4.78, 5) is 0. The summed E-state index contributed by atoms with van der Waals surface area (Å²) in [6.07, 6.45) is 6.23. The first kappa shape index (κ1) is 14.2. The number of aryl methyl sites for hydroxylation is 1. The zero-order valence-electron chi connectivity index (χ0n) is 12.3. The third-order valence-electron chi connectivity index (χ3n) is 4.50. The number of hydrogen-bond donors (Lipinski definition) is 1. The Bertz CT molecular complexity index is 437. The molecular weight excluding hydrogens is 238 g/mol. The largest absolute Gasteiger partial charge is 0.493 e. The molecule has 1 aromatic carbocycles. The maximum atomic E-state index is 6.13. The Morgan fingerprint density at radius 3 is 2.16 bits per heavy atom. The Morgan fingerprint density at radius 2 is 1.63 bits per heavy atom. The van der Waals surface area contributed by atoms with Crippen molar-refractivity contribution in [3.63, 3.8) is 0 Å². The van der Waals surface area contributed by atoms with Crippen molar-refractivity contribution in [2.45, 2.75) is 44.4 Å². The van der Waals surface area contributed by atoms with Gasteiger partial charge in [-0.05, 0) is 43.0 Å². The summed E-state index contributed by atoms with van der Waals surface area (Å²) in [6, 6.07) is 4.20. The molecule has 3 heteroatoms. The molecule has 0 aliphatic heterocycles. The van der Waals surface area contributed by atoms with Gasteiger partial charge in [-0.3, -0.25) is 0 Å². The maximum absolute atomic E-state index is 6.13. The first-order valence-corrected chi connectivity index (χ1v) is 7.10. The van der Waals surface area contributed by atoms with Gasteiger partial charge < -0.3 is 15.2 Å². The molecule has 3 nitrogen and oxygen atoms in total. The quantitative estimate of drug-likeness (QED) is 0.907. The molecule has 106 valence electrons. The van der Waals surface area contributed by atoms with Gasteiger partial charge in [-0.25, -0.2) is 0 Å². The van der Waals surface area contributed by atoms with Gasteiger partial charge in [0.05, 0.1) is 14.2 Å². The lowest BCUT2D eigenvalue weighted by Gasteiger charge is -2.38. The summed E-state index contributed by atoms with van der Waals surface area (Å²) in [5.74, 6) is 1.60. The maximum Gasteiger partial charge on any atom is 0.161 e. The third kappa shape index (κ3) is 2.57. The van der Waals surface area contributed by atoms with Crippen LogP contribution in [-0.2, 0) is 5.41 Å². The molecule has 0 bridgehead atoms. The van der Waals surface area contributed by atoms with Gasteiger partial charge in [-0.2, -0.15) is 0 Å². The van der Waals surface area contributed by atoms with Crippen molar-refractivity contribution in [1.29, 1.82) is 0 Å². The second-order valence-corrected chi connectivity index (χ2v) is 5.57. The van der Waals surface area contributed by atoms with Crippen molar-refractivity contribution < 1.29 is 9.47 Å². The number of benzene rings is 1. The van der Waals surface area contributed by atoms with Gasteiger partial charge in [0.25, 0.3) is 0 Å². The molecule has 1 aromatic rings. The van der Waals surface area contributed by atoms with E-state index in [1.54, 1.807) is 14.2 Å². The van der Waals surface area contributed by atoms with E-state index in [-0.39, 0.29) is 5.41 Å². The lowest BCUT2D eigenvalue weighted by molar-refractivity contribution is 0.296. The molecular formula is C16H25NO2. The van der Waals surface area contributed by atoms with Crippen LogP contribution in [0.4, 0.5) is 0 Å². The monoisotopic (exact) mass is 263 g/mol. The summed E-state index contributed by atoms with van der Waals surface area (Å²) >= 11 is 0. The van der Waals surface area contributed by atoms with Crippen molar-refractivity contribution in [2.75, 3.05) is 20.8 Å². The number of hydrogen-bond acceptors (Lipinski definition) is 3. The molecule has 1 saturated carbocycles. The second kappa shape index (κ2) is 5.83. The first-order valence-electron chi connectivity index (χ1n) is 7.10.